The third-order valence-corrected chi connectivity index (χ3v) is 3.35. The summed E-state index contributed by atoms with van der Waals surface area (Å²) >= 11 is 6.00. The fourth-order valence-electron chi connectivity index (χ4n) is 1.94. The molecule has 0 unspecified atom stereocenters. The number of aromatic nitrogens is 4. The molecule has 5 nitrogen and oxygen atoms in total. The summed E-state index contributed by atoms with van der Waals surface area (Å²) in [7, 11) is 0. The minimum atomic E-state index is -0.329. The predicted octanol–water partition coefficient (Wildman–Crippen LogP) is 3.27. The standard InChI is InChI=1S/C14H11ClFN5/c15-12-5-2-6-13(16)11(12)8-17-10-4-1-3-9(7-10)14-18-20-21-19-14/h1-7,17H,8H2,(H,18,19,20,21). The van der Waals surface area contributed by atoms with Crippen molar-refractivity contribution in [2.45, 2.75) is 6.54 Å². The number of benzene rings is 2. The summed E-state index contributed by atoms with van der Waals surface area (Å²) in [6, 6.07) is 12.1. The van der Waals surface area contributed by atoms with Gasteiger partial charge in [0, 0.05) is 28.4 Å². The van der Waals surface area contributed by atoms with Gasteiger partial charge in [0.05, 0.1) is 0 Å². The summed E-state index contributed by atoms with van der Waals surface area (Å²) in [6.07, 6.45) is 0. The summed E-state index contributed by atoms with van der Waals surface area (Å²) in [5.41, 5.74) is 2.06. The summed E-state index contributed by atoms with van der Waals surface area (Å²) in [4.78, 5) is 0. The van der Waals surface area contributed by atoms with E-state index in [-0.39, 0.29) is 5.82 Å². The molecule has 0 aliphatic heterocycles. The van der Waals surface area contributed by atoms with Crippen molar-refractivity contribution in [3.8, 4) is 11.4 Å². The first-order chi connectivity index (χ1) is 10.2. The van der Waals surface area contributed by atoms with Crippen LogP contribution in [0.3, 0.4) is 0 Å². The van der Waals surface area contributed by atoms with E-state index >= 15 is 0 Å². The molecule has 0 amide bonds. The molecule has 2 aromatic carbocycles. The Morgan fingerprint density at radius 1 is 1.19 bits per heavy atom. The first kappa shape index (κ1) is 13.5. The van der Waals surface area contributed by atoms with Gasteiger partial charge in [-0.3, -0.25) is 0 Å². The van der Waals surface area contributed by atoms with E-state index in [1.54, 1.807) is 12.1 Å². The minimum Gasteiger partial charge on any atom is -0.381 e. The van der Waals surface area contributed by atoms with E-state index in [0.717, 1.165) is 11.3 Å². The predicted molar refractivity (Wildman–Crippen MR) is 78.4 cm³/mol. The number of hydrogen-bond donors (Lipinski definition) is 2. The second-order valence-electron chi connectivity index (χ2n) is 4.37. The molecule has 0 saturated carbocycles. The number of halogens is 2. The van der Waals surface area contributed by atoms with Gasteiger partial charge >= 0.3 is 0 Å². The smallest absolute Gasteiger partial charge is 0.204 e. The molecule has 0 bridgehead atoms. The number of aromatic amines is 1. The summed E-state index contributed by atoms with van der Waals surface area (Å²) in [5.74, 6) is 0.173. The van der Waals surface area contributed by atoms with Crippen LogP contribution in [0.25, 0.3) is 11.4 Å². The minimum absolute atomic E-state index is 0.293. The van der Waals surface area contributed by atoms with E-state index in [4.69, 9.17) is 11.6 Å². The van der Waals surface area contributed by atoms with Gasteiger partial charge in [0.2, 0.25) is 5.82 Å². The molecule has 1 aromatic heterocycles. The van der Waals surface area contributed by atoms with Crippen molar-refractivity contribution in [2.75, 3.05) is 5.32 Å². The number of anilines is 1. The number of nitrogens with one attached hydrogen (secondary N) is 2. The summed E-state index contributed by atoms with van der Waals surface area (Å²) in [6.45, 7) is 0.293. The lowest BCUT2D eigenvalue weighted by atomic mass is 10.1. The maximum atomic E-state index is 13.7. The molecule has 106 valence electrons. The fraction of sp³-hybridized carbons (Fsp3) is 0.0714. The van der Waals surface area contributed by atoms with Crippen molar-refractivity contribution in [3.63, 3.8) is 0 Å². The number of nitrogens with zero attached hydrogens (tertiary/aromatic N) is 3. The van der Waals surface area contributed by atoms with Gasteiger partial charge in [-0.2, -0.15) is 5.21 Å². The lowest BCUT2D eigenvalue weighted by Crippen LogP contribution is -2.02. The van der Waals surface area contributed by atoms with Gasteiger partial charge < -0.3 is 5.32 Å². The molecule has 0 aliphatic carbocycles. The molecule has 2 N–H and O–H groups in total. The van der Waals surface area contributed by atoms with Crippen molar-refractivity contribution in [2.24, 2.45) is 0 Å². The van der Waals surface area contributed by atoms with E-state index < -0.39 is 0 Å². The van der Waals surface area contributed by atoms with Gasteiger partial charge in [-0.15, -0.1) is 10.2 Å². The topological polar surface area (TPSA) is 66.5 Å². The van der Waals surface area contributed by atoms with Crippen LogP contribution in [0.15, 0.2) is 42.5 Å². The molecule has 1 heterocycles. The van der Waals surface area contributed by atoms with Crippen LogP contribution in [-0.2, 0) is 6.54 Å². The van der Waals surface area contributed by atoms with E-state index in [1.165, 1.54) is 6.07 Å². The highest BCUT2D eigenvalue weighted by Crippen LogP contribution is 2.22. The number of hydrogen-bond acceptors (Lipinski definition) is 4. The van der Waals surface area contributed by atoms with Gasteiger partial charge in [-0.1, -0.05) is 29.8 Å². The van der Waals surface area contributed by atoms with Crippen LogP contribution in [0, 0.1) is 5.82 Å². The van der Waals surface area contributed by atoms with Crippen LogP contribution in [0.4, 0.5) is 10.1 Å². The Morgan fingerprint density at radius 3 is 2.81 bits per heavy atom. The van der Waals surface area contributed by atoms with Crippen molar-refractivity contribution in [3.05, 3.63) is 58.9 Å². The monoisotopic (exact) mass is 303 g/mol. The summed E-state index contributed by atoms with van der Waals surface area (Å²) < 4.78 is 13.7. The molecule has 0 spiro atoms. The Balaban J connectivity index is 1.78. The van der Waals surface area contributed by atoms with Gasteiger partial charge in [0.25, 0.3) is 0 Å². The highest BCUT2D eigenvalue weighted by Gasteiger charge is 2.07. The first-order valence-corrected chi connectivity index (χ1v) is 6.62. The van der Waals surface area contributed by atoms with Crippen molar-refractivity contribution in [1.82, 2.24) is 20.6 Å². The zero-order chi connectivity index (χ0) is 14.7. The van der Waals surface area contributed by atoms with Crippen molar-refractivity contribution >= 4 is 17.3 Å². The Labute approximate surface area is 125 Å². The van der Waals surface area contributed by atoms with E-state index in [2.05, 4.69) is 25.9 Å². The van der Waals surface area contributed by atoms with Crippen molar-refractivity contribution in [1.29, 1.82) is 0 Å². The van der Waals surface area contributed by atoms with Crippen LogP contribution < -0.4 is 5.32 Å². The third-order valence-electron chi connectivity index (χ3n) is 3.00. The molecule has 0 fully saturated rings. The SMILES string of the molecule is Fc1cccc(Cl)c1CNc1cccc(-c2nn[nH]n2)c1. The molecule has 0 atom stereocenters. The second-order valence-corrected chi connectivity index (χ2v) is 4.78. The summed E-state index contributed by atoms with van der Waals surface area (Å²) in [5, 5.41) is 17.3. The number of H-pyrrole nitrogens is 1. The second kappa shape index (κ2) is 5.88. The lowest BCUT2D eigenvalue weighted by Gasteiger charge is -2.09. The molecule has 0 aliphatic rings. The molecule has 0 saturated heterocycles. The highest BCUT2D eigenvalue weighted by molar-refractivity contribution is 6.31. The normalized spacial score (nSPS) is 10.6. The van der Waals surface area contributed by atoms with Crippen molar-refractivity contribution < 1.29 is 4.39 Å². The zero-order valence-electron chi connectivity index (χ0n) is 10.8. The van der Waals surface area contributed by atoms with Crippen LogP contribution >= 0.6 is 11.6 Å². The molecule has 21 heavy (non-hydrogen) atoms. The molecule has 3 aromatic rings. The van der Waals surface area contributed by atoms with Crippen LogP contribution in [-0.4, -0.2) is 20.6 Å². The molecule has 0 radical (unpaired) electrons. The maximum absolute atomic E-state index is 13.7. The zero-order valence-corrected chi connectivity index (χ0v) is 11.6. The molecular formula is C14H11ClFN5. The molecular weight excluding hydrogens is 293 g/mol. The van der Waals surface area contributed by atoms with E-state index in [1.807, 2.05) is 24.3 Å². The van der Waals surface area contributed by atoms with E-state index in [0.29, 0.717) is 23.0 Å². The Bertz CT molecular complexity index is 725. The average Bonchev–Trinajstić information content (AvgIpc) is 3.01. The molecule has 3 rings (SSSR count). The lowest BCUT2D eigenvalue weighted by molar-refractivity contribution is 0.613. The van der Waals surface area contributed by atoms with Crippen LogP contribution in [0.1, 0.15) is 5.56 Å². The van der Waals surface area contributed by atoms with Gasteiger partial charge in [-0.25, -0.2) is 4.39 Å². The first-order valence-electron chi connectivity index (χ1n) is 6.24. The average molecular weight is 304 g/mol. The molecule has 7 heteroatoms. The fourth-order valence-corrected chi connectivity index (χ4v) is 2.17. The van der Waals surface area contributed by atoms with Gasteiger partial charge in [0.15, 0.2) is 0 Å². The third kappa shape index (κ3) is 3.00. The maximum Gasteiger partial charge on any atom is 0.204 e. The van der Waals surface area contributed by atoms with Gasteiger partial charge in [0.1, 0.15) is 5.82 Å². The highest BCUT2D eigenvalue weighted by atomic mass is 35.5. The Hall–Kier alpha value is -2.47. The number of tetrazole rings is 1. The largest absolute Gasteiger partial charge is 0.381 e. The number of rotatable bonds is 4. The Kier molecular flexibility index (Phi) is 3.79. The Morgan fingerprint density at radius 2 is 2.05 bits per heavy atom. The van der Waals surface area contributed by atoms with Crippen LogP contribution in [0.2, 0.25) is 5.02 Å². The van der Waals surface area contributed by atoms with Gasteiger partial charge in [-0.05, 0) is 29.5 Å². The quantitative estimate of drug-likeness (QED) is 0.776. The van der Waals surface area contributed by atoms with Crippen LogP contribution in [0.5, 0.6) is 0 Å². The van der Waals surface area contributed by atoms with E-state index in [9.17, 15) is 4.39 Å².